The Morgan fingerprint density at radius 1 is 1.79 bits per heavy atom. The van der Waals surface area contributed by atoms with E-state index in [2.05, 4.69) is 25.7 Å². The first kappa shape index (κ1) is 10.5. The third-order valence-corrected chi connectivity index (χ3v) is 2.20. The van der Waals surface area contributed by atoms with Crippen molar-refractivity contribution in [3.05, 3.63) is 21.9 Å². The summed E-state index contributed by atoms with van der Waals surface area (Å²) in [6, 6.07) is 1.77. The number of hydrogen-bond acceptors (Lipinski definition) is 5. The van der Waals surface area contributed by atoms with E-state index in [0.717, 1.165) is 0 Å². The number of nitrogens with two attached hydrogens (primary N) is 1. The van der Waals surface area contributed by atoms with E-state index in [1.807, 2.05) is 0 Å². The fourth-order valence-electron chi connectivity index (χ4n) is 0.896. The molecule has 0 atom stereocenters. The van der Waals surface area contributed by atoms with Crippen LogP contribution in [0.2, 0.25) is 0 Å². The van der Waals surface area contributed by atoms with Crippen LogP contribution in [0.4, 0.5) is 5.69 Å². The molecule has 14 heavy (non-hydrogen) atoms. The number of carbonyl (C=O) groups excluding carboxylic acids is 1. The maximum absolute atomic E-state index is 11.3. The number of anilines is 1. The topological polar surface area (TPSA) is 89.0 Å². The van der Waals surface area contributed by atoms with Crippen LogP contribution >= 0.6 is 15.9 Å². The smallest absolute Gasteiger partial charge is 0.342 e. The zero-order valence-electron chi connectivity index (χ0n) is 7.24. The van der Waals surface area contributed by atoms with Crippen molar-refractivity contribution in [1.29, 1.82) is 5.26 Å². The van der Waals surface area contributed by atoms with E-state index in [1.54, 1.807) is 6.07 Å². The first-order valence-electron chi connectivity index (χ1n) is 3.54. The minimum atomic E-state index is -0.673. The molecule has 0 amide bonds. The number of hydrogen-bond donors (Lipinski definition) is 1. The highest BCUT2D eigenvalue weighted by atomic mass is 79.9. The summed E-state index contributed by atoms with van der Waals surface area (Å²) < 4.78 is 4.94. The van der Waals surface area contributed by atoms with Crippen LogP contribution in [-0.4, -0.2) is 18.1 Å². The standard InChI is InChI=1S/C8H6BrN3O2/c1-14-8(13)6-5(2-10)12-3-4(9)7(6)11/h3H,1H3,(H2,11,12). The quantitative estimate of drug-likeness (QED) is 0.759. The van der Waals surface area contributed by atoms with E-state index >= 15 is 0 Å². The number of nitrogens with zero attached hydrogens (tertiary/aromatic N) is 2. The molecule has 0 saturated heterocycles. The van der Waals surface area contributed by atoms with Crippen molar-refractivity contribution in [2.24, 2.45) is 0 Å². The molecule has 5 nitrogen and oxygen atoms in total. The Hall–Kier alpha value is -1.61. The molecule has 72 valence electrons. The van der Waals surface area contributed by atoms with E-state index in [-0.39, 0.29) is 16.9 Å². The second kappa shape index (κ2) is 4.07. The molecule has 1 heterocycles. The lowest BCUT2D eigenvalue weighted by Crippen LogP contribution is -2.10. The van der Waals surface area contributed by atoms with E-state index in [1.165, 1.54) is 13.3 Å². The number of esters is 1. The second-order valence-corrected chi connectivity index (χ2v) is 3.20. The van der Waals surface area contributed by atoms with Crippen LogP contribution in [0.25, 0.3) is 0 Å². The number of methoxy groups -OCH3 is 1. The lowest BCUT2D eigenvalue weighted by molar-refractivity contribution is 0.0601. The summed E-state index contributed by atoms with van der Waals surface area (Å²) in [5.74, 6) is -0.673. The monoisotopic (exact) mass is 255 g/mol. The van der Waals surface area contributed by atoms with Crippen molar-refractivity contribution in [3.8, 4) is 6.07 Å². The summed E-state index contributed by atoms with van der Waals surface area (Å²) in [5, 5.41) is 8.69. The van der Waals surface area contributed by atoms with Gasteiger partial charge in [-0.2, -0.15) is 5.26 Å². The van der Waals surface area contributed by atoms with Crippen LogP contribution in [0.15, 0.2) is 10.7 Å². The van der Waals surface area contributed by atoms with Gasteiger partial charge < -0.3 is 10.5 Å². The number of pyridine rings is 1. The van der Waals surface area contributed by atoms with E-state index in [4.69, 9.17) is 11.0 Å². The third-order valence-electron chi connectivity index (χ3n) is 1.57. The molecule has 0 bridgehead atoms. The summed E-state index contributed by atoms with van der Waals surface area (Å²) >= 11 is 3.10. The van der Waals surface area contributed by atoms with Gasteiger partial charge in [-0.05, 0) is 15.9 Å². The average molecular weight is 256 g/mol. The summed E-state index contributed by atoms with van der Waals surface area (Å²) in [5.41, 5.74) is 5.70. The van der Waals surface area contributed by atoms with E-state index < -0.39 is 5.97 Å². The number of aromatic nitrogens is 1. The Bertz CT molecular complexity index is 425. The van der Waals surface area contributed by atoms with Crippen molar-refractivity contribution in [2.45, 2.75) is 0 Å². The van der Waals surface area contributed by atoms with Crippen LogP contribution in [0.1, 0.15) is 16.1 Å². The largest absolute Gasteiger partial charge is 0.465 e. The number of halogens is 1. The number of rotatable bonds is 1. The summed E-state index contributed by atoms with van der Waals surface area (Å²) in [6.07, 6.45) is 1.36. The van der Waals surface area contributed by atoms with Crippen molar-refractivity contribution in [3.63, 3.8) is 0 Å². The predicted octanol–water partition coefficient (Wildman–Crippen LogP) is 1.08. The van der Waals surface area contributed by atoms with E-state index in [0.29, 0.717) is 4.47 Å². The zero-order chi connectivity index (χ0) is 10.7. The molecular weight excluding hydrogens is 250 g/mol. The molecule has 0 fully saturated rings. The van der Waals surface area contributed by atoms with Crippen LogP contribution in [-0.2, 0) is 4.74 Å². The van der Waals surface area contributed by atoms with Gasteiger partial charge in [-0.1, -0.05) is 0 Å². The molecule has 1 aromatic rings. The van der Waals surface area contributed by atoms with Gasteiger partial charge in [0.1, 0.15) is 11.6 Å². The van der Waals surface area contributed by atoms with Crippen molar-refractivity contribution >= 4 is 27.6 Å². The minimum Gasteiger partial charge on any atom is -0.465 e. The van der Waals surface area contributed by atoms with Gasteiger partial charge in [-0.25, -0.2) is 9.78 Å². The number of nitrogen functional groups attached to an aromatic ring is 1. The molecule has 0 unspecified atom stereocenters. The van der Waals surface area contributed by atoms with Crippen molar-refractivity contribution < 1.29 is 9.53 Å². The molecule has 2 N–H and O–H groups in total. The Morgan fingerprint density at radius 3 is 2.93 bits per heavy atom. The Morgan fingerprint density at radius 2 is 2.43 bits per heavy atom. The number of carbonyl (C=O) groups is 1. The lowest BCUT2D eigenvalue weighted by Gasteiger charge is -2.05. The maximum Gasteiger partial charge on any atom is 0.342 e. The molecule has 0 aliphatic heterocycles. The fourth-order valence-corrected chi connectivity index (χ4v) is 1.20. The molecule has 1 aromatic heterocycles. The molecular formula is C8H6BrN3O2. The highest BCUT2D eigenvalue weighted by Gasteiger charge is 2.18. The van der Waals surface area contributed by atoms with Gasteiger partial charge in [-0.3, -0.25) is 0 Å². The Kier molecular flexibility index (Phi) is 3.04. The lowest BCUT2D eigenvalue weighted by atomic mass is 10.1. The van der Waals surface area contributed by atoms with Crippen molar-refractivity contribution in [1.82, 2.24) is 4.98 Å². The van der Waals surface area contributed by atoms with Crippen LogP contribution < -0.4 is 5.73 Å². The molecule has 0 aromatic carbocycles. The SMILES string of the molecule is COC(=O)c1c(C#N)ncc(Br)c1N. The summed E-state index contributed by atoms with van der Waals surface area (Å²) in [6.45, 7) is 0. The molecule has 0 saturated carbocycles. The highest BCUT2D eigenvalue weighted by Crippen LogP contribution is 2.24. The normalized spacial score (nSPS) is 9.21. The van der Waals surface area contributed by atoms with Gasteiger partial charge in [0, 0.05) is 6.20 Å². The number of ether oxygens (including phenoxy) is 1. The van der Waals surface area contributed by atoms with Gasteiger partial charge in [0.05, 0.1) is 17.3 Å². The van der Waals surface area contributed by atoms with Gasteiger partial charge in [0.2, 0.25) is 0 Å². The first-order valence-corrected chi connectivity index (χ1v) is 4.33. The summed E-state index contributed by atoms with van der Waals surface area (Å²) in [4.78, 5) is 15.0. The molecule has 0 aliphatic carbocycles. The zero-order valence-corrected chi connectivity index (χ0v) is 8.83. The van der Waals surface area contributed by atoms with Crippen LogP contribution in [0, 0.1) is 11.3 Å². The van der Waals surface area contributed by atoms with Gasteiger partial charge in [-0.15, -0.1) is 0 Å². The maximum atomic E-state index is 11.3. The van der Waals surface area contributed by atoms with Gasteiger partial charge in [0.15, 0.2) is 5.69 Å². The highest BCUT2D eigenvalue weighted by molar-refractivity contribution is 9.10. The molecule has 0 radical (unpaired) electrons. The van der Waals surface area contributed by atoms with Crippen LogP contribution in [0.5, 0.6) is 0 Å². The number of nitriles is 1. The Labute approximate surface area is 88.6 Å². The molecule has 0 spiro atoms. The molecule has 1 rings (SSSR count). The molecule has 6 heteroatoms. The molecule has 0 aliphatic rings. The summed E-state index contributed by atoms with van der Waals surface area (Å²) in [7, 11) is 1.21. The average Bonchev–Trinajstić information content (AvgIpc) is 2.20. The Balaban J connectivity index is 3.45. The van der Waals surface area contributed by atoms with Crippen molar-refractivity contribution in [2.75, 3.05) is 12.8 Å². The van der Waals surface area contributed by atoms with Gasteiger partial charge >= 0.3 is 5.97 Å². The van der Waals surface area contributed by atoms with Gasteiger partial charge in [0.25, 0.3) is 0 Å². The minimum absolute atomic E-state index is 0.00984. The second-order valence-electron chi connectivity index (χ2n) is 2.35. The predicted molar refractivity (Wildman–Crippen MR) is 52.4 cm³/mol. The fraction of sp³-hybridized carbons (Fsp3) is 0.125. The van der Waals surface area contributed by atoms with Crippen LogP contribution in [0.3, 0.4) is 0 Å². The third kappa shape index (κ3) is 1.67. The first-order chi connectivity index (χ1) is 6.61. The van der Waals surface area contributed by atoms with E-state index in [9.17, 15) is 4.79 Å².